The van der Waals surface area contributed by atoms with Crippen molar-refractivity contribution in [1.29, 1.82) is 0 Å². The lowest BCUT2D eigenvalue weighted by atomic mass is 10.1. The first kappa shape index (κ1) is 17.0. The normalized spacial score (nSPS) is 17.0. The maximum Gasteiger partial charge on any atom is 0.273 e. The Morgan fingerprint density at radius 3 is 2.88 bits per heavy atom. The number of hydrogen-bond acceptors (Lipinski definition) is 5. The number of nitrogens with zero attached hydrogens (tertiary/aromatic N) is 3. The first-order chi connectivity index (χ1) is 12.6. The molecular formula is C19H21N3O3S. The van der Waals surface area contributed by atoms with Gasteiger partial charge in [-0.15, -0.1) is 11.3 Å². The summed E-state index contributed by atoms with van der Waals surface area (Å²) in [6.45, 7) is 3.98. The van der Waals surface area contributed by atoms with E-state index in [1.165, 1.54) is 17.8 Å². The van der Waals surface area contributed by atoms with E-state index in [1.807, 2.05) is 30.0 Å². The predicted octanol–water partition coefficient (Wildman–Crippen LogP) is 3.00. The van der Waals surface area contributed by atoms with Crippen molar-refractivity contribution in [3.05, 3.63) is 39.8 Å². The van der Waals surface area contributed by atoms with E-state index < -0.39 is 0 Å². The summed E-state index contributed by atoms with van der Waals surface area (Å²) in [4.78, 5) is 33.0. The Balaban J connectivity index is 1.53. The summed E-state index contributed by atoms with van der Waals surface area (Å²) in [7, 11) is 0. The average molecular weight is 371 g/mol. The van der Waals surface area contributed by atoms with Crippen molar-refractivity contribution in [2.45, 2.75) is 32.7 Å². The molecule has 0 atom stereocenters. The molecule has 2 aliphatic heterocycles. The monoisotopic (exact) mass is 371 g/mol. The number of amides is 2. The van der Waals surface area contributed by atoms with Crippen molar-refractivity contribution in [2.75, 3.05) is 24.6 Å². The van der Waals surface area contributed by atoms with Gasteiger partial charge < -0.3 is 9.64 Å². The minimum absolute atomic E-state index is 0.00301. The molecule has 0 radical (unpaired) electrons. The Kier molecular flexibility index (Phi) is 4.63. The van der Waals surface area contributed by atoms with Crippen molar-refractivity contribution < 1.29 is 14.3 Å². The number of piperidine rings is 1. The van der Waals surface area contributed by atoms with Crippen molar-refractivity contribution in [3.63, 3.8) is 0 Å². The van der Waals surface area contributed by atoms with Gasteiger partial charge in [-0.2, -0.15) is 0 Å². The zero-order valence-electron chi connectivity index (χ0n) is 14.7. The van der Waals surface area contributed by atoms with Crippen LogP contribution in [0.25, 0.3) is 0 Å². The van der Waals surface area contributed by atoms with Crippen LogP contribution in [0.1, 0.15) is 40.3 Å². The molecule has 2 aliphatic rings. The van der Waals surface area contributed by atoms with E-state index in [0.717, 1.165) is 42.2 Å². The van der Waals surface area contributed by atoms with Gasteiger partial charge in [0, 0.05) is 18.5 Å². The summed E-state index contributed by atoms with van der Waals surface area (Å²) in [5.41, 5.74) is 2.31. The van der Waals surface area contributed by atoms with Gasteiger partial charge in [0.15, 0.2) is 6.61 Å². The summed E-state index contributed by atoms with van der Waals surface area (Å²) < 4.78 is 5.51. The smallest absolute Gasteiger partial charge is 0.273 e. The maximum atomic E-state index is 12.6. The lowest BCUT2D eigenvalue weighted by Gasteiger charge is -2.29. The van der Waals surface area contributed by atoms with Crippen LogP contribution in [0, 0.1) is 6.92 Å². The molecule has 3 heterocycles. The molecule has 26 heavy (non-hydrogen) atoms. The predicted molar refractivity (Wildman–Crippen MR) is 99.7 cm³/mol. The number of fused-ring (bicyclic) bond motifs is 1. The average Bonchev–Trinajstić information content (AvgIpc) is 3.13. The van der Waals surface area contributed by atoms with Crippen LogP contribution >= 0.6 is 11.3 Å². The van der Waals surface area contributed by atoms with Crippen molar-refractivity contribution in [2.24, 2.45) is 0 Å². The zero-order chi connectivity index (χ0) is 18.1. The highest BCUT2D eigenvalue weighted by atomic mass is 32.1. The van der Waals surface area contributed by atoms with Crippen molar-refractivity contribution in [1.82, 2.24) is 9.88 Å². The molecule has 0 spiro atoms. The van der Waals surface area contributed by atoms with E-state index in [1.54, 1.807) is 10.3 Å². The number of aromatic nitrogens is 1. The summed E-state index contributed by atoms with van der Waals surface area (Å²) in [5, 5.41) is 2.56. The van der Waals surface area contributed by atoms with E-state index in [4.69, 9.17) is 4.74 Å². The van der Waals surface area contributed by atoms with Gasteiger partial charge in [-0.25, -0.2) is 4.98 Å². The van der Waals surface area contributed by atoms with Gasteiger partial charge in [-0.3, -0.25) is 14.5 Å². The Hall–Kier alpha value is -2.41. The standard InChI is InChI=1S/C19H21N3O3S/c1-13-5-6-16-15(9-13)22(18(23)11-25-16)10-17-20-14(12-26-17)19(24)21-7-3-2-4-8-21/h5-6,9,12H,2-4,7-8,10-11H2,1H3. The second-order valence-electron chi connectivity index (χ2n) is 6.72. The molecule has 1 aromatic carbocycles. The number of benzene rings is 1. The fourth-order valence-corrected chi connectivity index (χ4v) is 4.12. The number of rotatable bonds is 3. The van der Waals surface area contributed by atoms with Crippen LogP contribution in [0.15, 0.2) is 23.6 Å². The van der Waals surface area contributed by atoms with Crippen molar-refractivity contribution >= 4 is 28.8 Å². The highest BCUT2D eigenvalue weighted by molar-refractivity contribution is 7.09. The number of ether oxygens (including phenoxy) is 1. The molecule has 1 aromatic heterocycles. The fourth-order valence-electron chi connectivity index (χ4n) is 3.36. The number of carbonyl (C=O) groups is 2. The Morgan fingerprint density at radius 2 is 2.08 bits per heavy atom. The van der Waals surface area contributed by atoms with Gasteiger partial charge in [0.05, 0.1) is 12.2 Å². The van der Waals surface area contributed by atoms with Crippen LogP contribution in [0.2, 0.25) is 0 Å². The quantitative estimate of drug-likeness (QED) is 0.832. The number of carbonyl (C=O) groups excluding carboxylic acids is 2. The second-order valence-corrected chi connectivity index (χ2v) is 7.66. The largest absolute Gasteiger partial charge is 0.482 e. The highest BCUT2D eigenvalue weighted by Crippen LogP contribution is 2.34. The van der Waals surface area contributed by atoms with Crippen LogP contribution in [-0.2, 0) is 11.3 Å². The molecule has 6 nitrogen and oxygen atoms in total. The van der Waals surface area contributed by atoms with Gasteiger partial charge in [-0.05, 0) is 43.9 Å². The van der Waals surface area contributed by atoms with Gasteiger partial charge in [0.1, 0.15) is 16.5 Å². The molecule has 4 rings (SSSR count). The third-order valence-corrected chi connectivity index (χ3v) is 5.60. The summed E-state index contributed by atoms with van der Waals surface area (Å²) in [6, 6.07) is 5.79. The highest BCUT2D eigenvalue weighted by Gasteiger charge is 2.27. The van der Waals surface area contributed by atoms with E-state index in [-0.39, 0.29) is 18.4 Å². The maximum absolute atomic E-state index is 12.6. The molecule has 0 aliphatic carbocycles. The number of aryl methyl sites for hydroxylation is 1. The van der Waals surface area contributed by atoms with Gasteiger partial charge >= 0.3 is 0 Å². The van der Waals surface area contributed by atoms with Crippen LogP contribution in [-0.4, -0.2) is 41.4 Å². The summed E-state index contributed by atoms with van der Waals surface area (Å²) in [5.74, 6) is 0.607. The molecule has 1 saturated heterocycles. The van der Waals surface area contributed by atoms with E-state index in [9.17, 15) is 9.59 Å². The Labute approximate surface area is 156 Å². The van der Waals surface area contributed by atoms with Crippen LogP contribution in [0.5, 0.6) is 5.75 Å². The van der Waals surface area contributed by atoms with Crippen LogP contribution in [0.4, 0.5) is 5.69 Å². The van der Waals surface area contributed by atoms with Gasteiger partial charge in [0.25, 0.3) is 11.8 Å². The van der Waals surface area contributed by atoms with E-state index in [0.29, 0.717) is 18.0 Å². The molecular weight excluding hydrogens is 350 g/mol. The summed E-state index contributed by atoms with van der Waals surface area (Å²) in [6.07, 6.45) is 3.30. The number of thiazole rings is 1. The van der Waals surface area contributed by atoms with E-state index >= 15 is 0 Å². The minimum atomic E-state index is -0.0952. The fraction of sp³-hybridized carbons (Fsp3) is 0.421. The Morgan fingerprint density at radius 1 is 1.27 bits per heavy atom. The number of likely N-dealkylation sites (tertiary alicyclic amines) is 1. The molecule has 7 heteroatoms. The lowest BCUT2D eigenvalue weighted by molar-refractivity contribution is -0.121. The van der Waals surface area contributed by atoms with Crippen LogP contribution < -0.4 is 9.64 Å². The molecule has 2 aromatic rings. The van der Waals surface area contributed by atoms with Crippen molar-refractivity contribution in [3.8, 4) is 5.75 Å². The lowest BCUT2D eigenvalue weighted by Crippen LogP contribution is -2.38. The second kappa shape index (κ2) is 7.07. The first-order valence-corrected chi connectivity index (χ1v) is 9.77. The molecule has 136 valence electrons. The molecule has 1 fully saturated rings. The van der Waals surface area contributed by atoms with Crippen LogP contribution in [0.3, 0.4) is 0 Å². The molecule has 0 saturated carbocycles. The first-order valence-electron chi connectivity index (χ1n) is 8.89. The molecule has 0 unspecified atom stereocenters. The number of hydrogen-bond donors (Lipinski definition) is 0. The number of anilines is 1. The molecule has 0 bridgehead atoms. The minimum Gasteiger partial charge on any atom is -0.482 e. The topological polar surface area (TPSA) is 62.7 Å². The van der Waals surface area contributed by atoms with Gasteiger partial charge in [-0.1, -0.05) is 6.07 Å². The zero-order valence-corrected chi connectivity index (χ0v) is 15.6. The molecule has 2 amide bonds. The Bertz CT molecular complexity index is 842. The third-order valence-electron chi connectivity index (χ3n) is 4.76. The summed E-state index contributed by atoms with van der Waals surface area (Å²) >= 11 is 1.42. The SMILES string of the molecule is Cc1ccc2c(c1)N(Cc1nc(C(=O)N3CCCCC3)cs1)C(=O)CO2. The third kappa shape index (κ3) is 3.31. The molecule has 0 N–H and O–H groups in total. The van der Waals surface area contributed by atoms with E-state index in [2.05, 4.69) is 4.98 Å². The van der Waals surface area contributed by atoms with Gasteiger partial charge in [0.2, 0.25) is 0 Å².